The molecule has 2 fully saturated rings. The highest BCUT2D eigenvalue weighted by Crippen LogP contribution is 2.81. The lowest BCUT2D eigenvalue weighted by Crippen LogP contribution is -2.54. The maximum Gasteiger partial charge on any atom is 0.264 e. The van der Waals surface area contributed by atoms with Gasteiger partial charge in [-0.25, -0.2) is 8.42 Å². The number of para-hydroxylation sites is 1. The van der Waals surface area contributed by atoms with Gasteiger partial charge < -0.3 is 4.90 Å². The smallest absolute Gasteiger partial charge is 0.264 e. The quantitative estimate of drug-likeness (QED) is 0.529. The number of rotatable bonds is 5. The summed E-state index contributed by atoms with van der Waals surface area (Å²) in [6, 6.07) is 16.1. The van der Waals surface area contributed by atoms with Crippen molar-refractivity contribution < 1.29 is 13.2 Å². The number of likely N-dealkylation sites (tertiary alicyclic amines) is 1. The number of fused-ring (bicyclic) bond motifs is 1. The summed E-state index contributed by atoms with van der Waals surface area (Å²) in [5, 5.41) is 0. The number of halogens is 1. The number of nitrogens with zero attached hydrogens (tertiary/aromatic N) is 2. The first-order valence-electron chi connectivity index (χ1n) is 10.3. The molecule has 2 heterocycles. The number of carbonyl (C=O) groups excluding carboxylic acids is 1. The molecule has 6 rings (SSSR count). The molecular formula is C23H21ClN2O3S. The standard InChI is InChI=1S/C23H21ClN2O3S/c24-14-7-15-25-19-12-6-13-22-20(21(25)27)23(19,22)17-10-4-5-11-18(17)26(22)30(28,29)16-8-2-1-3-9-16/h1-6,8-12,19-20H,7,13-15H2/t19-,20?,22+,23+/m0/s1. The van der Waals surface area contributed by atoms with Crippen LogP contribution in [0.4, 0.5) is 5.69 Å². The predicted molar refractivity (Wildman–Crippen MR) is 115 cm³/mol. The van der Waals surface area contributed by atoms with Crippen LogP contribution in [-0.4, -0.2) is 43.2 Å². The van der Waals surface area contributed by atoms with E-state index in [1.165, 1.54) is 0 Å². The van der Waals surface area contributed by atoms with Crippen LogP contribution in [-0.2, 0) is 20.2 Å². The normalized spacial score (nSPS) is 32.8. The Balaban J connectivity index is 1.57. The number of anilines is 1. The maximum absolute atomic E-state index is 13.9. The van der Waals surface area contributed by atoms with E-state index >= 15 is 0 Å². The average molecular weight is 441 g/mol. The first kappa shape index (κ1) is 18.5. The minimum atomic E-state index is -3.82. The Morgan fingerprint density at radius 3 is 2.57 bits per heavy atom. The third kappa shape index (κ3) is 1.82. The van der Waals surface area contributed by atoms with Crippen LogP contribution < -0.4 is 4.31 Å². The fourth-order valence-corrected chi connectivity index (χ4v) is 8.50. The lowest BCUT2D eigenvalue weighted by Gasteiger charge is -2.39. The van der Waals surface area contributed by atoms with E-state index in [1.807, 2.05) is 29.2 Å². The Morgan fingerprint density at radius 2 is 1.80 bits per heavy atom. The zero-order chi connectivity index (χ0) is 20.7. The summed E-state index contributed by atoms with van der Waals surface area (Å²) in [5.74, 6) is 0.194. The average Bonchev–Trinajstić information content (AvgIpc) is 3.16. The second-order valence-electron chi connectivity index (χ2n) is 8.48. The van der Waals surface area contributed by atoms with Gasteiger partial charge in [0, 0.05) is 12.4 Å². The Labute approximate surface area is 181 Å². The highest BCUT2D eigenvalue weighted by Gasteiger charge is 2.93. The molecule has 0 aromatic heterocycles. The van der Waals surface area contributed by atoms with Gasteiger partial charge in [0.25, 0.3) is 10.0 Å². The third-order valence-corrected chi connectivity index (χ3v) is 9.53. The van der Waals surface area contributed by atoms with Gasteiger partial charge in [-0.05, 0) is 36.6 Å². The number of carbonyl (C=O) groups is 1. The van der Waals surface area contributed by atoms with Gasteiger partial charge in [-0.3, -0.25) is 9.10 Å². The second kappa shape index (κ2) is 5.89. The molecule has 1 spiro atoms. The van der Waals surface area contributed by atoms with Gasteiger partial charge >= 0.3 is 0 Å². The lowest BCUT2D eigenvalue weighted by molar-refractivity contribution is -0.131. The van der Waals surface area contributed by atoms with E-state index in [4.69, 9.17) is 11.6 Å². The summed E-state index contributed by atoms with van der Waals surface area (Å²) in [4.78, 5) is 15.7. The largest absolute Gasteiger partial charge is 0.335 e. The molecule has 0 radical (unpaired) electrons. The predicted octanol–water partition coefficient (Wildman–Crippen LogP) is 3.30. The molecule has 2 aliphatic carbocycles. The van der Waals surface area contributed by atoms with E-state index in [0.29, 0.717) is 24.5 Å². The van der Waals surface area contributed by atoms with Crippen LogP contribution in [0.2, 0.25) is 0 Å². The molecular weight excluding hydrogens is 420 g/mol. The van der Waals surface area contributed by atoms with E-state index in [9.17, 15) is 13.2 Å². The van der Waals surface area contributed by atoms with Gasteiger partial charge in [-0.15, -0.1) is 11.6 Å². The minimum absolute atomic E-state index is 0.0530. The molecule has 1 unspecified atom stereocenters. The van der Waals surface area contributed by atoms with Crippen molar-refractivity contribution in [2.24, 2.45) is 5.92 Å². The van der Waals surface area contributed by atoms with Crippen LogP contribution in [0.15, 0.2) is 71.6 Å². The Kier molecular flexibility index (Phi) is 3.62. The summed E-state index contributed by atoms with van der Waals surface area (Å²) in [6.07, 6.45) is 5.43. The second-order valence-corrected chi connectivity index (χ2v) is 10.6. The van der Waals surface area contributed by atoms with Crippen LogP contribution in [0, 0.1) is 5.92 Å². The molecule has 7 heteroatoms. The first-order chi connectivity index (χ1) is 14.5. The maximum atomic E-state index is 13.9. The number of alkyl halides is 1. The first-order valence-corrected chi connectivity index (χ1v) is 12.2. The fraction of sp³-hybridized carbons (Fsp3) is 0.348. The number of hydrogen-bond donors (Lipinski definition) is 0. The number of hydrogen-bond acceptors (Lipinski definition) is 3. The van der Waals surface area contributed by atoms with Crippen molar-refractivity contribution in [3.63, 3.8) is 0 Å². The van der Waals surface area contributed by atoms with E-state index in [1.54, 1.807) is 34.6 Å². The Hall–Kier alpha value is -2.31. The van der Waals surface area contributed by atoms with E-state index in [-0.39, 0.29) is 22.8 Å². The van der Waals surface area contributed by atoms with E-state index in [2.05, 4.69) is 12.2 Å². The Morgan fingerprint density at radius 1 is 1.07 bits per heavy atom. The monoisotopic (exact) mass is 440 g/mol. The van der Waals surface area contributed by atoms with E-state index < -0.39 is 21.0 Å². The van der Waals surface area contributed by atoms with Crippen LogP contribution >= 0.6 is 11.6 Å². The van der Waals surface area contributed by atoms with Crippen molar-refractivity contribution in [2.75, 3.05) is 16.7 Å². The SMILES string of the molecule is O=C1C2[C@]34c5ccccc5N(S(=O)(=O)c5ccccc5)[C@]23CC=C[C@@H]4N1CCCCl. The molecule has 4 aliphatic rings. The highest BCUT2D eigenvalue weighted by molar-refractivity contribution is 7.93. The molecule has 0 bridgehead atoms. The third-order valence-electron chi connectivity index (χ3n) is 7.39. The molecule has 30 heavy (non-hydrogen) atoms. The summed E-state index contributed by atoms with van der Waals surface area (Å²) >= 11 is 5.91. The van der Waals surface area contributed by atoms with Crippen LogP contribution in [0.25, 0.3) is 0 Å². The number of piperidine rings is 1. The van der Waals surface area contributed by atoms with Crippen LogP contribution in [0.1, 0.15) is 18.4 Å². The van der Waals surface area contributed by atoms with Crippen molar-refractivity contribution in [3.8, 4) is 0 Å². The van der Waals surface area contributed by atoms with Crippen molar-refractivity contribution in [2.45, 2.75) is 34.7 Å². The van der Waals surface area contributed by atoms with Crippen molar-refractivity contribution >= 4 is 33.2 Å². The van der Waals surface area contributed by atoms with Crippen molar-refractivity contribution in [1.29, 1.82) is 0 Å². The molecule has 0 N–H and O–H groups in total. The summed E-state index contributed by atoms with van der Waals surface area (Å²) < 4.78 is 29.3. The molecule has 5 nitrogen and oxygen atoms in total. The summed E-state index contributed by atoms with van der Waals surface area (Å²) in [7, 11) is -3.82. The van der Waals surface area contributed by atoms with Gasteiger partial charge in [0.2, 0.25) is 5.91 Å². The zero-order valence-corrected chi connectivity index (χ0v) is 17.8. The van der Waals surface area contributed by atoms with Gasteiger partial charge in [0.05, 0.1) is 33.5 Å². The molecule has 2 aromatic carbocycles. The topological polar surface area (TPSA) is 57.7 Å². The van der Waals surface area contributed by atoms with Crippen molar-refractivity contribution in [3.05, 3.63) is 72.3 Å². The molecule has 1 amide bonds. The summed E-state index contributed by atoms with van der Waals surface area (Å²) in [5.41, 5.74) is 0.423. The molecule has 1 saturated carbocycles. The summed E-state index contributed by atoms with van der Waals surface area (Å²) in [6.45, 7) is 0.597. The number of amides is 1. The van der Waals surface area contributed by atoms with Gasteiger partial charge in [-0.1, -0.05) is 48.6 Å². The highest BCUT2D eigenvalue weighted by atomic mass is 35.5. The van der Waals surface area contributed by atoms with Crippen LogP contribution in [0.5, 0.6) is 0 Å². The fourth-order valence-electron chi connectivity index (χ4n) is 6.49. The molecule has 154 valence electrons. The number of benzene rings is 2. The van der Waals surface area contributed by atoms with Gasteiger partial charge in [0.15, 0.2) is 0 Å². The van der Waals surface area contributed by atoms with Crippen LogP contribution in [0.3, 0.4) is 0 Å². The zero-order valence-electron chi connectivity index (χ0n) is 16.2. The minimum Gasteiger partial charge on any atom is -0.335 e. The molecule has 4 atom stereocenters. The van der Waals surface area contributed by atoms with Gasteiger partial charge in [0.1, 0.15) is 0 Å². The lowest BCUT2D eigenvalue weighted by atomic mass is 9.81. The van der Waals surface area contributed by atoms with E-state index in [0.717, 1.165) is 12.0 Å². The molecule has 2 aromatic rings. The van der Waals surface area contributed by atoms with Gasteiger partial charge in [-0.2, -0.15) is 0 Å². The number of sulfonamides is 1. The molecule has 1 saturated heterocycles. The molecule has 2 aliphatic heterocycles. The van der Waals surface area contributed by atoms with Crippen molar-refractivity contribution in [1.82, 2.24) is 4.90 Å². The Bertz CT molecular complexity index is 1200.